The fraction of sp³-hybridized carbons (Fsp3) is 0.154. The van der Waals surface area contributed by atoms with Crippen molar-refractivity contribution in [3.05, 3.63) is 48.7 Å². The smallest absolute Gasteiger partial charge is 0.418 e. The summed E-state index contributed by atoms with van der Waals surface area (Å²) in [5, 5.41) is 0. The largest absolute Gasteiger partial charge is 0.449 e. The van der Waals surface area contributed by atoms with Crippen LogP contribution in [0.4, 0.5) is 4.79 Å². The van der Waals surface area contributed by atoms with E-state index in [1.54, 1.807) is 13.1 Å². The van der Waals surface area contributed by atoms with Crippen LogP contribution in [0, 0.1) is 0 Å². The first-order valence-electron chi connectivity index (χ1n) is 5.23. The molecule has 82 valence electrons. The van der Waals surface area contributed by atoms with Crippen LogP contribution in [-0.2, 0) is 4.74 Å². The van der Waals surface area contributed by atoms with Crippen LogP contribution >= 0.6 is 0 Å². The molecule has 16 heavy (non-hydrogen) atoms. The molecule has 0 fully saturated rings. The maximum atomic E-state index is 11.6. The summed E-state index contributed by atoms with van der Waals surface area (Å²) in [6, 6.07) is 13.5. The summed E-state index contributed by atoms with van der Waals surface area (Å²) in [5.41, 5.74) is 1.85. The van der Waals surface area contributed by atoms with Gasteiger partial charge < -0.3 is 4.74 Å². The van der Waals surface area contributed by atoms with Gasteiger partial charge in [-0.15, -0.1) is 0 Å². The molecule has 3 nitrogen and oxygen atoms in total. The molecule has 0 saturated carbocycles. The Morgan fingerprint density at radius 2 is 1.94 bits per heavy atom. The second-order valence-electron chi connectivity index (χ2n) is 3.33. The monoisotopic (exact) mass is 215 g/mol. The first-order chi connectivity index (χ1) is 7.83. The standard InChI is InChI=1S/C13H13NO2/c1-2-16-13(15)14-10-6-9-12(14)11-7-4-3-5-8-11/h3-10H,2H2,1H3. The third-order valence-electron chi connectivity index (χ3n) is 2.28. The molecule has 1 aromatic carbocycles. The lowest BCUT2D eigenvalue weighted by Crippen LogP contribution is -2.13. The maximum absolute atomic E-state index is 11.6. The molecule has 0 aliphatic rings. The molecule has 0 aliphatic heterocycles. The van der Waals surface area contributed by atoms with E-state index in [-0.39, 0.29) is 6.09 Å². The van der Waals surface area contributed by atoms with Crippen LogP contribution < -0.4 is 0 Å². The van der Waals surface area contributed by atoms with Gasteiger partial charge in [-0.2, -0.15) is 0 Å². The normalized spacial score (nSPS) is 10.1. The molecule has 0 N–H and O–H groups in total. The fourth-order valence-electron chi connectivity index (χ4n) is 1.58. The molecule has 1 heterocycles. The SMILES string of the molecule is CCOC(=O)n1cccc1-c1ccccc1. The van der Waals surface area contributed by atoms with Crippen molar-refractivity contribution in [2.24, 2.45) is 0 Å². The Morgan fingerprint density at radius 3 is 2.62 bits per heavy atom. The van der Waals surface area contributed by atoms with Gasteiger partial charge in [-0.1, -0.05) is 30.3 Å². The average Bonchev–Trinajstić information content (AvgIpc) is 2.79. The van der Waals surface area contributed by atoms with Crippen LogP contribution in [0.2, 0.25) is 0 Å². The number of rotatable bonds is 2. The molecular weight excluding hydrogens is 202 g/mol. The first kappa shape index (κ1) is 10.5. The van der Waals surface area contributed by atoms with Gasteiger partial charge in [0.15, 0.2) is 0 Å². The lowest BCUT2D eigenvalue weighted by molar-refractivity contribution is 0.154. The molecule has 2 aromatic rings. The molecule has 0 radical (unpaired) electrons. The van der Waals surface area contributed by atoms with Gasteiger partial charge in [0.1, 0.15) is 0 Å². The second kappa shape index (κ2) is 4.66. The van der Waals surface area contributed by atoms with E-state index < -0.39 is 0 Å². The van der Waals surface area contributed by atoms with Crippen LogP contribution in [-0.4, -0.2) is 17.3 Å². The zero-order valence-electron chi connectivity index (χ0n) is 9.09. The van der Waals surface area contributed by atoms with E-state index in [1.165, 1.54) is 4.57 Å². The Kier molecular flexibility index (Phi) is 3.05. The summed E-state index contributed by atoms with van der Waals surface area (Å²) in [6.07, 6.45) is 1.37. The molecule has 0 amide bonds. The number of hydrogen-bond donors (Lipinski definition) is 0. The lowest BCUT2D eigenvalue weighted by atomic mass is 10.1. The Hall–Kier alpha value is -2.03. The van der Waals surface area contributed by atoms with E-state index >= 15 is 0 Å². The number of nitrogens with zero attached hydrogens (tertiary/aromatic N) is 1. The molecule has 0 unspecified atom stereocenters. The number of hydrogen-bond acceptors (Lipinski definition) is 2. The van der Waals surface area contributed by atoms with Crippen molar-refractivity contribution in [2.45, 2.75) is 6.92 Å². The lowest BCUT2D eigenvalue weighted by Gasteiger charge is -2.07. The highest BCUT2D eigenvalue weighted by atomic mass is 16.5. The van der Waals surface area contributed by atoms with Crippen LogP contribution in [0.1, 0.15) is 6.92 Å². The van der Waals surface area contributed by atoms with E-state index in [4.69, 9.17) is 4.74 Å². The van der Waals surface area contributed by atoms with Crippen molar-refractivity contribution in [3.8, 4) is 11.3 Å². The Bertz CT molecular complexity index is 474. The predicted molar refractivity (Wildman–Crippen MR) is 62.3 cm³/mol. The van der Waals surface area contributed by atoms with E-state index in [9.17, 15) is 4.79 Å². The quantitative estimate of drug-likeness (QED) is 0.770. The summed E-state index contributed by atoms with van der Waals surface area (Å²) in [4.78, 5) is 11.6. The molecule has 0 spiro atoms. The molecule has 0 saturated heterocycles. The minimum absolute atomic E-state index is 0.341. The van der Waals surface area contributed by atoms with Gasteiger partial charge in [0, 0.05) is 6.20 Å². The van der Waals surface area contributed by atoms with Crippen molar-refractivity contribution in [2.75, 3.05) is 6.61 Å². The maximum Gasteiger partial charge on any atom is 0.418 e. The van der Waals surface area contributed by atoms with E-state index in [0.717, 1.165) is 11.3 Å². The van der Waals surface area contributed by atoms with Crippen molar-refractivity contribution < 1.29 is 9.53 Å². The van der Waals surface area contributed by atoms with Crippen molar-refractivity contribution in [1.82, 2.24) is 4.57 Å². The number of ether oxygens (including phenoxy) is 1. The van der Waals surface area contributed by atoms with Gasteiger partial charge in [0.2, 0.25) is 0 Å². The zero-order chi connectivity index (χ0) is 11.4. The summed E-state index contributed by atoms with van der Waals surface area (Å²) in [5.74, 6) is 0. The average molecular weight is 215 g/mol. The minimum atomic E-state index is -0.341. The zero-order valence-corrected chi connectivity index (χ0v) is 9.09. The van der Waals surface area contributed by atoms with Gasteiger partial charge >= 0.3 is 6.09 Å². The van der Waals surface area contributed by atoms with Gasteiger partial charge in [0.25, 0.3) is 0 Å². The van der Waals surface area contributed by atoms with Crippen molar-refractivity contribution >= 4 is 6.09 Å². The highest BCUT2D eigenvalue weighted by Crippen LogP contribution is 2.19. The summed E-state index contributed by atoms with van der Waals surface area (Å²) < 4.78 is 6.49. The Morgan fingerprint density at radius 1 is 1.19 bits per heavy atom. The highest BCUT2D eigenvalue weighted by molar-refractivity contribution is 5.78. The van der Waals surface area contributed by atoms with Gasteiger partial charge in [-0.25, -0.2) is 4.79 Å². The van der Waals surface area contributed by atoms with Crippen LogP contribution in [0.25, 0.3) is 11.3 Å². The van der Waals surface area contributed by atoms with Crippen molar-refractivity contribution in [1.29, 1.82) is 0 Å². The molecule has 3 heteroatoms. The molecular formula is C13H13NO2. The Balaban J connectivity index is 2.37. The number of carbonyl (C=O) groups excluding carboxylic acids is 1. The third kappa shape index (κ3) is 1.98. The van der Waals surface area contributed by atoms with Crippen molar-refractivity contribution in [3.63, 3.8) is 0 Å². The van der Waals surface area contributed by atoms with Gasteiger partial charge in [-0.05, 0) is 24.6 Å². The molecule has 0 atom stereocenters. The first-order valence-corrected chi connectivity index (χ1v) is 5.23. The second-order valence-corrected chi connectivity index (χ2v) is 3.33. The summed E-state index contributed by atoms with van der Waals surface area (Å²) in [6.45, 7) is 2.18. The number of carbonyl (C=O) groups is 1. The van der Waals surface area contributed by atoms with E-state index in [2.05, 4.69) is 0 Å². The topological polar surface area (TPSA) is 31.2 Å². The number of benzene rings is 1. The molecule has 0 aliphatic carbocycles. The summed E-state index contributed by atoms with van der Waals surface area (Å²) >= 11 is 0. The highest BCUT2D eigenvalue weighted by Gasteiger charge is 2.10. The van der Waals surface area contributed by atoms with Crippen LogP contribution in [0.3, 0.4) is 0 Å². The van der Waals surface area contributed by atoms with E-state index in [1.807, 2.05) is 42.5 Å². The summed E-state index contributed by atoms with van der Waals surface area (Å²) in [7, 11) is 0. The predicted octanol–water partition coefficient (Wildman–Crippen LogP) is 3.16. The van der Waals surface area contributed by atoms with Gasteiger partial charge in [-0.3, -0.25) is 4.57 Å². The van der Waals surface area contributed by atoms with Gasteiger partial charge in [0.05, 0.1) is 12.3 Å². The molecule has 2 rings (SSSR count). The third-order valence-corrected chi connectivity index (χ3v) is 2.28. The minimum Gasteiger partial charge on any atom is -0.449 e. The Labute approximate surface area is 94.3 Å². The van der Waals surface area contributed by atoms with E-state index in [0.29, 0.717) is 6.61 Å². The van der Waals surface area contributed by atoms with Crippen LogP contribution in [0.5, 0.6) is 0 Å². The fourth-order valence-corrected chi connectivity index (χ4v) is 1.58. The number of aromatic nitrogens is 1. The van der Waals surface area contributed by atoms with Crippen LogP contribution in [0.15, 0.2) is 48.7 Å². The molecule has 0 bridgehead atoms. The molecule has 1 aromatic heterocycles.